The van der Waals surface area contributed by atoms with Crippen molar-refractivity contribution in [2.75, 3.05) is 0 Å². The van der Waals surface area contributed by atoms with Gasteiger partial charge >= 0.3 is 0 Å². The first-order chi connectivity index (χ1) is 10.6. The molecule has 0 aromatic heterocycles. The summed E-state index contributed by atoms with van der Waals surface area (Å²) in [5, 5.41) is 9.63. The van der Waals surface area contributed by atoms with Gasteiger partial charge in [0.25, 0.3) is 0 Å². The number of ether oxygens (including phenoxy) is 1. The first kappa shape index (κ1) is 14.5. The molecule has 0 fully saturated rings. The molecule has 1 N–H and O–H groups in total. The van der Waals surface area contributed by atoms with E-state index in [1.807, 2.05) is 12.1 Å². The van der Waals surface area contributed by atoms with Gasteiger partial charge in [0.1, 0.15) is 29.7 Å². The summed E-state index contributed by atoms with van der Waals surface area (Å²) in [4.78, 5) is 11.4. The molecule has 112 valence electrons. The van der Waals surface area contributed by atoms with E-state index in [4.69, 9.17) is 4.74 Å². The van der Waals surface area contributed by atoms with Crippen LogP contribution in [0.4, 0.5) is 4.39 Å². The Morgan fingerprint density at radius 1 is 1.23 bits per heavy atom. The van der Waals surface area contributed by atoms with Gasteiger partial charge < -0.3 is 14.6 Å². The highest BCUT2D eigenvalue weighted by Gasteiger charge is 2.24. The van der Waals surface area contributed by atoms with Crippen LogP contribution in [0.3, 0.4) is 0 Å². The van der Waals surface area contributed by atoms with Crippen molar-refractivity contribution in [3.05, 3.63) is 65.7 Å². The fraction of sp³-hybridized carbons (Fsp3) is 0.167. The highest BCUT2D eigenvalue weighted by Crippen LogP contribution is 2.37. The predicted octanol–water partition coefficient (Wildman–Crippen LogP) is 3.43. The highest BCUT2D eigenvalue weighted by atomic mass is 19.1. The number of hydrogen-bond donors (Lipinski definition) is 1. The number of carbonyl (C=O) groups is 1. The molecule has 2 aromatic rings. The van der Waals surface area contributed by atoms with Crippen LogP contribution in [0.1, 0.15) is 18.4 Å². The van der Waals surface area contributed by atoms with Crippen LogP contribution in [0.25, 0.3) is 11.1 Å². The van der Waals surface area contributed by atoms with Gasteiger partial charge in [-0.3, -0.25) is 0 Å². The normalized spacial score (nSPS) is 18.0. The number of halogens is 1. The minimum atomic E-state index is -0.779. The van der Waals surface area contributed by atoms with E-state index < -0.39 is 12.0 Å². The molecule has 0 radical (unpaired) electrons. The van der Waals surface area contributed by atoms with E-state index >= 15 is 0 Å². The quantitative estimate of drug-likeness (QED) is 0.883. The van der Waals surface area contributed by atoms with Gasteiger partial charge in [-0.15, -0.1) is 0 Å². The Bertz CT molecular complexity index is 750. The van der Waals surface area contributed by atoms with Crippen LogP contribution >= 0.6 is 0 Å². The summed E-state index contributed by atoms with van der Waals surface area (Å²) in [6, 6.07) is 11.6. The topological polar surface area (TPSA) is 46.5 Å². The van der Waals surface area contributed by atoms with Gasteiger partial charge in [-0.25, -0.2) is 4.39 Å². The van der Waals surface area contributed by atoms with Crippen LogP contribution in [0, 0.1) is 5.82 Å². The SMILES string of the molecule is CC(O)C1=C[C@@H](C=O)c2cc(-c3cccc(F)c3)ccc2O1. The van der Waals surface area contributed by atoms with Gasteiger partial charge in [0, 0.05) is 5.56 Å². The van der Waals surface area contributed by atoms with Crippen molar-refractivity contribution in [1.82, 2.24) is 0 Å². The Labute approximate surface area is 127 Å². The average Bonchev–Trinajstić information content (AvgIpc) is 2.53. The van der Waals surface area contributed by atoms with Crippen molar-refractivity contribution in [1.29, 1.82) is 0 Å². The van der Waals surface area contributed by atoms with Crippen LogP contribution in [0.2, 0.25) is 0 Å². The first-order valence-corrected chi connectivity index (χ1v) is 7.01. The van der Waals surface area contributed by atoms with E-state index in [0.29, 0.717) is 17.1 Å². The third-order valence-electron chi connectivity index (χ3n) is 3.66. The molecule has 3 rings (SSSR count). The molecule has 22 heavy (non-hydrogen) atoms. The Kier molecular flexibility index (Phi) is 3.77. The number of carbonyl (C=O) groups excluding carboxylic acids is 1. The van der Waals surface area contributed by atoms with E-state index in [1.165, 1.54) is 12.1 Å². The second-order valence-electron chi connectivity index (χ2n) is 5.27. The summed E-state index contributed by atoms with van der Waals surface area (Å²) in [5.41, 5.74) is 2.25. The third-order valence-corrected chi connectivity index (χ3v) is 3.66. The molecule has 2 aromatic carbocycles. The van der Waals surface area contributed by atoms with Crippen LogP contribution in [-0.4, -0.2) is 17.5 Å². The monoisotopic (exact) mass is 298 g/mol. The molecule has 0 amide bonds. The second kappa shape index (κ2) is 5.73. The minimum Gasteiger partial charge on any atom is -0.459 e. The number of aliphatic hydroxyl groups excluding tert-OH is 1. The number of allylic oxidation sites excluding steroid dienone is 1. The van der Waals surface area contributed by atoms with Gasteiger partial charge in [0.2, 0.25) is 0 Å². The number of aldehydes is 1. The number of aliphatic hydroxyl groups is 1. The van der Waals surface area contributed by atoms with Gasteiger partial charge in [-0.2, -0.15) is 0 Å². The molecule has 1 unspecified atom stereocenters. The van der Waals surface area contributed by atoms with E-state index in [0.717, 1.165) is 17.4 Å². The van der Waals surface area contributed by atoms with E-state index in [-0.39, 0.29) is 5.82 Å². The lowest BCUT2D eigenvalue weighted by Crippen LogP contribution is -2.18. The Hall–Kier alpha value is -2.46. The van der Waals surface area contributed by atoms with Crippen molar-refractivity contribution in [2.24, 2.45) is 0 Å². The summed E-state index contributed by atoms with van der Waals surface area (Å²) >= 11 is 0. The zero-order valence-electron chi connectivity index (χ0n) is 12.0. The van der Waals surface area contributed by atoms with Crippen molar-refractivity contribution >= 4 is 6.29 Å². The molecule has 4 heteroatoms. The highest BCUT2D eigenvalue weighted by molar-refractivity contribution is 5.73. The summed E-state index contributed by atoms with van der Waals surface area (Å²) < 4.78 is 19.0. The Morgan fingerprint density at radius 2 is 2.00 bits per heavy atom. The molecule has 0 bridgehead atoms. The van der Waals surface area contributed by atoms with Gasteiger partial charge in [0.05, 0.1) is 5.92 Å². The molecule has 1 heterocycles. The maximum atomic E-state index is 13.4. The summed E-state index contributed by atoms with van der Waals surface area (Å²) in [6.45, 7) is 1.58. The summed E-state index contributed by atoms with van der Waals surface area (Å²) in [5.74, 6) is 0.107. The zero-order chi connectivity index (χ0) is 15.7. The largest absolute Gasteiger partial charge is 0.459 e. The second-order valence-corrected chi connectivity index (χ2v) is 5.27. The number of hydrogen-bond acceptors (Lipinski definition) is 3. The molecule has 0 aliphatic carbocycles. The van der Waals surface area contributed by atoms with Crippen LogP contribution in [0.5, 0.6) is 5.75 Å². The molecule has 0 spiro atoms. The van der Waals surface area contributed by atoms with Crippen molar-refractivity contribution in [2.45, 2.75) is 18.9 Å². The van der Waals surface area contributed by atoms with Crippen molar-refractivity contribution in [3.8, 4) is 16.9 Å². The molecule has 0 saturated heterocycles. The van der Waals surface area contributed by atoms with Crippen LogP contribution < -0.4 is 4.74 Å². The Morgan fingerprint density at radius 3 is 2.68 bits per heavy atom. The first-order valence-electron chi connectivity index (χ1n) is 7.01. The van der Waals surface area contributed by atoms with Gasteiger partial charge in [-0.1, -0.05) is 18.2 Å². The van der Waals surface area contributed by atoms with E-state index in [9.17, 15) is 14.3 Å². The predicted molar refractivity (Wildman–Crippen MR) is 81.0 cm³/mol. The van der Waals surface area contributed by atoms with Crippen molar-refractivity contribution in [3.63, 3.8) is 0 Å². The average molecular weight is 298 g/mol. The molecule has 3 nitrogen and oxygen atoms in total. The van der Waals surface area contributed by atoms with Gasteiger partial charge in [0.15, 0.2) is 0 Å². The lowest BCUT2D eigenvalue weighted by atomic mass is 9.92. The molecule has 1 aliphatic rings. The number of fused-ring (bicyclic) bond motifs is 1. The van der Waals surface area contributed by atoms with Crippen LogP contribution in [-0.2, 0) is 4.79 Å². The smallest absolute Gasteiger partial charge is 0.131 e. The lowest BCUT2D eigenvalue weighted by molar-refractivity contribution is -0.108. The maximum absolute atomic E-state index is 13.4. The molecular weight excluding hydrogens is 283 g/mol. The fourth-order valence-corrected chi connectivity index (χ4v) is 2.51. The van der Waals surface area contributed by atoms with Crippen LogP contribution in [0.15, 0.2) is 54.3 Å². The molecule has 0 saturated carbocycles. The van der Waals surface area contributed by atoms with Gasteiger partial charge in [-0.05, 0) is 48.4 Å². The third kappa shape index (κ3) is 2.65. The standard InChI is InChI=1S/C18H15FO3/c1-11(21)18-9-14(10-20)16-8-13(5-6-17(16)22-18)12-3-2-4-15(19)7-12/h2-11,14,21H,1H3/t11?,14-/m0/s1. The lowest BCUT2D eigenvalue weighted by Gasteiger charge is -2.24. The van der Waals surface area contributed by atoms with E-state index in [2.05, 4.69) is 0 Å². The molecule has 2 atom stereocenters. The molecule has 1 aliphatic heterocycles. The Balaban J connectivity index is 2.05. The maximum Gasteiger partial charge on any atom is 0.131 e. The number of rotatable bonds is 3. The zero-order valence-corrected chi connectivity index (χ0v) is 12.0. The summed E-state index contributed by atoms with van der Waals surface area (Å²) in [6.07, 6.45) is 1.63. The fourth-order valence-electron chi connectivity index (χ4n) is 2.51. The summed E-state index contributed by atoms with van der Waals surface area (Å²) in [7, 11) is 0. The van der Waals surface area contributed by atoms with E-state index in [1.54, 1.807) is 31.2 Å². The number of benzene rings is 2. The minimum absolute atomic E-state index is 0.310. The van der Waals surface area contributed by atoms with Crippen molar-refractivity contribution < 1.29 is 19.0 Å². The molecular formula is C18H15FO3.